The number of thioether (sulfide) groups is 1. The Kier molecular flexibility index (Phi) is 9.69. The molecule has 0 spiro atoms. The average molecular weight is 359 g/mol. The van der Waals surface area contributed by atoms with E-state index in [2.05, 4.69) is 27.7 Å². The summed E-state index contributed by atoms with van der Waals surface area (Å²) in [6.45, 7) is 3.44. The van der Waals surface area contributed by atoms with Gasteiger partial charge in [0.05, 0.1) is 6.61 Å². The highest BCUT2D eigenvalue weighted by molar-refractivity contribution is 7.98. The van der Waals surface area contributed by atoms with E-state index in [1.54, 1.807) is 0 Å². The fourth-order valence-electron chi connectivity index (χ4n) is 1.54. The topological polar surface area (TPSA) is 57.4 Å². The van der Waals surface area contributed by atoms with Crippen molar-refractivity contribution in [3.05, 3.63) is 24.3 Å². The van der Waals surface area contributed by atoms with Gasteiger partial charge < -0.3 is 15.4 Å². The number of hydrazine groups is 1. The molecule has 0 bridgehead atoms. The molecule has 0 aliphatic rings. The van der Waals surface area contributed by atoms with Crippen LogP contribution in [-0.2, 0) is 0 Å². The summed E-state index contributed by atoms with van der Waals surface area (Å²) >= 11 is 12.1. The zero-order valence-electron chi connectivity index (χ0n) is 12.8. The third kappa shape index (κ3) is 8.26. The van der Waals surface area contributed by atoms with Crippen LogP contribution >= 0.6 is 36.2 Å². The number of ether oxygens (including phenoxy) is 1. The van der Waals surface area contributed by atoms with Crippen LogP contribution in [0, 0.1) is 0 Å². The van der Waals surface area contributed by atoms with E-state index in [4.69, 9.17) is 29.2 Å². The molecule has 0 heterocycles. The largest absolute Gasteiger partial charge is 0.494 e. The van der Waals surface area contributed by atoms with Gasteiger partial charge in [-0.2, -0.15) is 11.8 Å². The molecule has 0 aliphatic carbocycles. The predicted octanol–water partition coefficient (Wildman–Crippen LogP) is 2.50. The van der Waals surface area contributed by atoms with Gasteiger partial charge in [0.1, 0.15) is 5.75 Å². The van der Waals surface area contributed by atoms with Crippen molar-refractivity contribution in [3.63, 3.8) is 0 Å². The van der Waals surface area contributed by atoms with Gasteiger partial charge in [-0.15, -0.1) is 0 Å². The van der Waals surface area contributed by atoms with E-state index in [9.17, 15) is 0 Å². The SMILES string of the molecule is CCOc1ccc(NC(=S)NNC(=S)NCCCSC)cc1. The number of benzene rings is 1. The Morgan fingerprint density at radius 1 is 1.14 bits per heavy atom. The molecule has 0 aromatic heterocycles. The molecule has 5 nitrogen and oxygen atoms in total. The van der Waals surface area contributed by atoms with Crippen LogP contribution < -0.4 is 26.2 Å². The maximum Gasteiger partial charge on any atom is 0.189 e. The fourth-order valence-corrected chi connectivity index (χ4v) is 2.29. The summed E-state index contributed by atoms with van der Waals surface area (Å²) in [6, 6.07) is 7.58. The van der Waals surface area contributed by atoms with E-state index in [0.717, 1.165) is 30.2 Å². The molecule has 0 saturated carbocycles. The van der Waals surface area contributed by atoms with Gasteiger partial charge in [-0.05, 0) is 74.1 Å². The third-order valence-corrected chi connectivity index (χ3v) is 3.67. The van der Waals surface area contributed by atoms with E-state index >= 15 is 0 Å². The Balaban J connectivity index is 2.23. The minimum absolute atomic E-state index is 0.442. The van der Waals surface area contributed by atoms with Crippen LogP contribution in [0.15, 0.2) is 24.3 Å². The molecule has 0 radical (unpaired) electrons. The maximum atomic E-state index is 5.38. The molecule has 22 heavy (non-hydrogen) atoms. The summed E-state index contributed by atoms with van der Waals surface area (Å²) in [5.74, 6) is 1.95. The fraction of sp³-hybridized carbons (Fsp3) is 0.429. The molecule has 1 rings (SSSR count). The maximum absolute atomic E-state index is 5.38. The molecule has 0 aliphatic heterocycles. The van der Waals surface area contributed by atoms with Gasteiger partial charge in [-0.3, -0.25) is 10.9 Å². The summed E-state index contributed by atoms with van der Waals surface area (Å²) in [4.78, 5) is 0. The predicted molar refractivity (Wildman–Crippen MR) is 104 cm³/mol. The standard InChI is InChI=1S/C14H22N4OS3/c1-3-19-12-7-5-11(6-8-12)16-14(21)18-17-13(20)15-9-4-10-22-2/h5-8H,3-4,9-10H2,1-2H3,(H2,15,17,20)(H2,16,18,21). The minimum Gasteiger partial charge on any atom is -0.494 e. The van der Waals surface area contributed by atoms with E-state index < -0.39 is 0 Å². The first-order chi connectivity index (χ1) is 10.7. The summed E-state index contributed by atoms with van der Waals surface area (Å²) in [6.07, 6.45) is 3.15. The van der Waals surface area contributed by atoms with Gasteiger partial charge in [0, 0.05) is 12.2 Å². The molecule has 122 valence electrons. The second-order valence-electron chi connectivity index (χ2n) is 4.26. The Bertz CT molecular complexity index is 468. The Hall–Kier alpha value is -1.25. The third-order valence-electron chi connectivity index (χ3n) is 2.52. The molecule has 0 atom stereocenters. The normalized spacial score (nSPS) is 9.73. The zero-order valence-corrected chi connectivity index (χ0v) is 15.2. The van der Waals surface area contributed by atoms with Crippen molar-refractivity contribution in [1.29, 1.82) is 0 Å². The summed E-state index contributed by atoms with van der Waals surface area (Å²) in [7, 11) is 0. The molecule has 0 unspecified atom stereocenters. The summed E-state index contributed by atoms with van der Waals surface area (Å²) < 4.78 is 5.38. The van der Waals surface area contributed by atoms with Gasteiger partial charge in [-0.25, -0.2) is 0 Å². The lowest BCUT2D eigenvalue weighted by Crippen LogP contribution is -2.48. The molecule has 0 amide bonds. The van der Waals surface area contributed by atoms with Gasteiger partial charge >= 0.3 is 0 Å². The van der Waals surface area contributed by atoms with Gasteiger partial charge in [-0.1, -0.05) is 0 Å². The smallest absolute Gasteiger partial charge is 0.189 e. The van der Waals surface area contributed by atoms with E-state index in [0.29, 0.717) is 16.8 Å². The lowest BCUT2D eigenvalue weighted by Gasteiger charge is -2.14. The molecule has 8 heteroatoms. The Morgan fingerprint density at radius 2 is 1.82 bits per heavy atom. The summed E-state index contributed by atoms with van der Waals surface area (Å²) in [5.41, 5.74) is 6.56. The van der Waals surface area contributed by atoms with Crippen molar-refractivity contribution in [2.75, 3.05) is 30.5 Å². The second-order valence-corrected chi connectivity index (χ2v) is 6.07. The quantitative estimate of drug-likeness (QED) is 0.337. The van der Waals surface area contributed by atoms with Crippen LogP contribution in [-0.4, -0.2) is 35.4 Å². The first-order valence-electron chi connectivity index (χ1n) is 6.98. The Labute approximate surface area is 146 Å². The van der Waals surface area contributed by atoms with Crippen LogP contribution in [0.3, 0.4) is 0 Å². The van der Waals surface area contributed by atoms with Crippen LogP contribution in [0.25, 0.3) is 0 Å². The molecule has 1 aromatic rings. The van der Waals surface area contributed by atoms with Crippen LogP contribution in [0.2, 0.25) is 0 Å². The monoisotopic (exact) mass is 358 g/mol. The first-order valence-corrected chi connectivity index (χ1v) is 9.19. The number of thiocarbonyl (C=S) groups is 2. The van der Waals surface area contributed by atoms with Gasteiger partial charge in [0.2, 0.25) is 0 Å². The lowest BCUT2D eigenvalue weighted by atomic mass is 10.3. The number of hydrogen-bond donors (Lipinski definition) is 4. The van der Waals surface area contributed by atoms with Crippen molar-refractivity contribution < 1.29 is 4.74 Å². The molecule has 0 fully saturated rings. The van der Waals surface area contributed by atoms with Crippen LogP contribution in [0.1, 0.15) is 13.3 Å². The summed E-state index contributed by atoms with van der Waals surface area (Å²) in [5, 5.41) is 7.12. The van der Waals surface area contributed by atoms with Crippen molar-refractivity contribution >= 4 is 52.1 Å². The minimum atomic E-state index is 0.442. The van der Waals surface area contributed by atoms with Gasteiger partial charge in [0.25, 0.3) is 0 Å². The number of nitrogens with one attached hydrogen (secondary N) is 4. The molecule has 0 saturated heterocycles. The van der Waals surface area contributed by atoms with Crippen molar-refractivity contribution in [1.82, 2.24) is 16.2 Å². The lowest BCUT2D eigenvalue weighted by molar-refractivity contribution is 0.340. The highest BCUT2D eigenvalue weighted by Gasteiger charge is 1.99. The number of anilines is 1. The number of hydrogen-bond acceptors (Lipinski definition) is 4. The molecular formula is C14H22N4OS3. The van der Waals surface area contributed by atoms with Crippen LogP contribution in [0.5, 0.6) is 5.75 Å². The van der Waals surface area contributed by atoms with Crippen molar-refractivity contribution in [3.8, 4) is 5.75 Å². The Morgan fingerprint density at radius 3 is 2.45 bits per heavy atom. The van der Waals surface area contributed by atoms with E-state index in [-0.39, 0.29) is 0 Å². The first kappa shape index (κ1) is 18.8. The highest BCUT2D eigenvalue weighted by atomic mass is 32.2. The van der Waals surface area contributed by atoms with Crippen LogP contribution in [0.4, 0.5) is 5.69 Å². The van der Waals surface area contributed by atoms with E-state index in [1.165, 1.54) is 0 Å². The van der Waals surface area contributed by atoms with E-state index in [1.807, 2.05) is 43.0 Å². The molecular weight excluding hydrogens is 336 g/mol. The second kappa shape index (κ2) is 11.3. The zero-order chi connectivity index (χ0) is 16.2. The average Bonchev–Trinajstić information content (AvgIpc) is 2.52. The number of rotatable bonds is 7. The molecule has 4 N–H and O–H groups in total. The van der Waals surface area contributed by atoms with Crippen molar-refractivity contribution in [2.24, 2.45) is 0 Å². The van der Waals surface area contributed by atoms with Gasteiger partial charge in [0.15, 0.2) is 10.2 Å². The highest BCUT2D eigenvalue weighted by Crippen LogP contribution is 2.15. The molecule has 1 aromatic carbocycles. The van der Waals surface area contributed by atoms with Crippen molar-refractivity contribution in [2.45, 2.75) is 13.3 Å².